The largest absolute Gasteiger partial charge is 0.462 e. The Hall–Kier alpha value is -0.790. The second-order valence-electron chi connectivity index (χ2n) is 8.03. The molecule has 2 nitrogen and oxygen atoms in total. The minimum absolute atomic E-state index is 0.177. The Morgan fingerprint density at radius 3 is 2.04 bits per heavy atom. The summed E-state index contributed by atoms with van der Waals surface area (Å²) in [7, 11) is 0. The van der Waals surface area contributed by atoms with Crippen molar-refractivity contribution in [2.45, 2.75) is 111 Å². The Morgan fingerprint density at radius 2 is 1.48 bits per heavy atom. The lowest BCUT2D eigenvalue weighted by atomic mass is 10.0. The van der Waals surface area contributed by atoms with Crippen molar-refractivity contribution < 1.29 is 9.53 Å². The molecule has 0 aromatic rings. The molecule has 0 aromatic carbocycles. The van der Waals surface area contributed by atoms with Gasteiger partial charge in [-0.1, -0.05) is 98.5 Å². The predicted molar refractivity (Wildman–Crippen MR) is 110 cm³/mol. The summed E-state index contributed by atoms with van der Waals surface area (Å²) < 4.78 is 5.46. The van der Waals surface area contributed by atoms with Crippen LogP contribution in [0, 0.1) is 11.8 Å². The molecule has 148 valence electrons. The summed E-state index contributed by atoms with van der Waals surface area (Å²) in [6.07, 6.45) is 15.8. The van der Waals surface area contributed by atoms with Crippen LogP contribution >= 0.6 is 0 Å². The Balaban J connectivity index is 3.59. The molecule has 1 unspecified atom stereocenters. The number of hydrogen-bond donors (Lipinski definition) is 0. The number of carbonyl (C=O) groups excluding carboxylic acids is 1. The van der Waals surface area contributed by atoms with E-state index < -0.39 is 0 Å². The van der Waals surface area contributed by atoms with E-state index in [1.54, 1.807) is 0 Å². The van der Waals surface area contributed by atoms with E-state index >= 15 is 0 Å². The highest BCUT2D eigenvalue weighted by Crippen LogP contribution is 2.16. The van der Waals surface area contributed by atoms with Crippen molar-refractivity contribution in [3.05, 3.63) is 12.2 Å². The molecule has 0 fully saturated rings. The van der Waals surface area contributed by atoms with Gasteiger partial charge in [-0.05, 0) is 31.1 Å². The van der Waals surface area contributed by atoms with Crippen LogP contribution in [0.3, 0.4) is 0 Å². The average Bonchev–Trinajstić information content (AvgIpc) is 2.59. The van der Waals surface area contributed by atoms with Gasteiger partial charge in [0.05, 0.1) is 6.61 Å². The van der Waals surface area contributed by atoms with E-state index in [0.29, 0.717) is 18.1 Å². The van der Waals surface area contributed by atoms with Crippen LogP contribution in [0.1, 0.15) is 111 Å². The first kappa shape index (κ1) is 24.2. The molecule has 0 aliphatic heterocycles. The van der Waals surface area contributed by atoms with Gasteiger partial charge >= 0.3 is 5.97 Å². The highest BCUT2D eigenvalue weighted by atomic mass is 16.5. The van der Waals surface area contributed by atoms with Gasteiger partial charge in [-0.15, -0.1) is 0 Å². The SMILES string of the molecule is C=C(CCCCCCCCCC(C)C)C(=O)OCC(CC)CCCC. The van der Waals surface area contributed by atoms with Gasteiger partial charge in [0.15, 0.2) is 0 Å². The van der Waals surface area contributed by atoms with Gasteiger partial charge < -0.3 is 4.74 Å². The van der Waals surface area contributed by atoms with Crippen molar-refractivity contribution in [2.24, 2.45) is 11.8 Å². The molecule has 0 rings (SSSR count). The Labute approximate surface area is 157 Å². The quantitative estimate of drug-likeness (QED) is 0.154. The number of hydrogen-bond acceptors (Lipinski definition) is 2. The van der Waals surface area contributed by atoms with Crippen LogP contribution in [0.15, 0.2) is 12.2 Å². The molecule has 0 spiro atoms. The van der Waals surface area contributed by atoms with E-state index in [1.165, 1.54) is 57.8 Å². The summed E-state index contributed by atoms with van der Waals surface area (Å²) >= 11 is 0. The summed E-state index contributed by atoms with van der Waals surface area (Å²) in [5.41, 5.74) is 0.655. The van der Waals surface area contributed by atoms with Crippen molar-refractivity contribution >= 4 is 5.97 Å². The van der Waals surface area contributed by atoms with E-state index in [2.05, 4.69) is 34.3 Å². The van der Waals surface area contributed by atoms with Gasteiger partial charge in [-0.3, -0.25) is 0 Å². The van der Waals surface area contributed by atoms with Crippen LogP contribution in [0.25, 0.3) is 0 Å². The fourth-order valence-electron chi connectivity index (χ4n) is 3.07. The molecule has 0 amide bonds. The van der Waals surface area contributed by atoms with Crippen LogP contribution in [-0.4, -0.2) is 12.6 Å². The minimum atomic E-state index is -0.177. The molecule has 25 heavy (non-hydrogen) atoms. The van der Waals surface area contributed by atoms with Gasteiger partial charge in [0.2, 0.25) is 0 Å². The zero-order valence-electron chi connectivity index (χ0n) is 17.6. The van der Waals surface area contributed by atoms with E-state index in [9.17, 15) is 4.79 Å². The second kappa shape index (κ2) is 16.7. The summed E-state index contributed by atoms with van der Waals surface area (Å²) in [5.74, 6) is 1.17. The van der Waals surface area contributed by atoms with Gasteiger partial charge in [0.25, 0.3) is 0 Å². The first-order valence-corrected chi connectivity index (χ1v) is 10.9. The zero-order chi connectivity index (χ0) is 18.9. The maximum Gasteiger partial charge on any atom is 0.333 e. The molecule has 0 saturated carbocycles. The minimum Gasteiger partial charge on any atom is -0.462 e. The molecule has 0 aliphatic rings. The Morgan fingerprint density at radius 1 is 0.880 bits per heavy atom. The molecule has 2 heteroatoms. The molecule has 1 atom stereocenters. The van der Waals surface area contributed by atoms with Crippen LogP contribution in [0.2, 0.25) is 0 Å². The molecule has 0 saturated heterocycles. The third-order valence-corrected chi connectivity index (χ3v) is 5.04. The Kier molecular flexibility index (Phi) is 16.1. The molecule has 0 aromatic heterocycles. The maximum atomic E-state index is 12.0. The topological polar surface area (TPSA) is 26.3 Å². The highest BCUT2D eigenvalue weighted by Gasteiger charge is 2.12. The van der Waals surface area contributed by atoms with Crippen LogP contribution in [0.5, 0.6) is 0 Å². The third kappa shape index (κ3) is 15.2. The van der Waals surface area contributed by atoms with E-state index in [4.69, 9.17) is 4.74 Å². The number of ether oxygens (including phenoxy) is 1. The van der Waals surface area contributed by atoms with Crippen molar-refractivity contribution in [3.63, 3.8) is 0 Å². The van der Waals surface area contributed by atoms with Crippen LogP contribution in [0.4, 0.5) is 0 Å². The monoisotopic (exact) mass is 352 g/mol. The summed E-state index contributed by atoms with van der Waals surface area (Å²) in [5, 5.41) is 0. The van der Waals surface area contributed by atoms with Crippen molar-refractivity contribution in [3.8, 4) is 0 Å². The fraction of sp³-hybridized carbons (Fsp3) is 0.870. The standard InChI is InChI=1S/C23H44O2/c1-6-8-18-22(7-2)19-25-23(24)21(5)17-15-13-11-9-10-12-14-16-20(3)4/h20,22H,5-19H2,1-4H3. The molecule has 0 N–H and O–H groups in total. The molecule has 0 bridgehead atoms. The maximum absolute atomic E-state index is 12.0. The lowest BCUT2D eigenvalue weighted by molar-refractivity contribution is -0.140. The molecular weight excluding hydrogens is 308 g/mol. The number of esters is 1. The van der Waals surface area contributed by atoms with Gasteiger partial charge in [-0.25, -0.2) is 4.79 Å². The molecule has 0 aliphatic carbocycles. The molecule has 0 heterocycles. The van der Waals surface area contributed by atoms with E-state index in [1.807, 2.05) is 0 Å². The van der Waals surface area contributed by atoms with Crippen molar-refractivity contribution in [1.29, 1.82) is 0 Å². The predicted octanol–water partition coefficient (Wildman–Crippen LogP) is 7.47. The molecular formula is C23H44O2. The lowest BCUT2D eigenvalue weighted by Gasteiger charge is -2.15. The van der Waals surface area contributed by atoms with Gasteiger partial charge in [0, 0.05) is 5.57 Å². The number of unbranched alkanes of at least 4 members (excludes halogenated alkanes) is 7. The summed E-state index contributed by atoms with van der Waals surface area (Å²) in [6, 6.07) is 0. The smallest absolute Gasteiger partial charge is 0.333 e. The zero-order valence-corrected chi connectivity index (χ0v) is 17.6. The lowest BCUT2D eigenvalue weighted by Crippen LogP contribution is -2.15. The van der Waals surface area contributed by atoms with E-state index in [-0.39, 0.29) is 5.97 Å². The van der Waals surface area contributed by atoms with Gasteiger partial charge in [-0.2, -0.15) is 0 Å². The number of carbonyl (C=O) groups is 1. The van der Waals surface area contributed by atoms with Gasteiger partial charge in [0.1, 0.15) is 0 Å². The first-order chi connectivity index (χ1) is 12.0. The third-order valence-electron chi connectivity index (χ3n) is 5.04. The Bertz CT molecular complexity index is 333. The normalized spacial score (nSPS) is 12.4. The second-order valence-corrected chi connectivity index (χ2v) is 8.03. The summed E-state index contributed by atoms with van der Waals surface area (Å²) in [4.78, 5) is 12.0. The average molecular weight is 353 g/mol. The number of rotatable bonds is 17. The molecule has 0 radical (unpaired) electrons. The van der Waals surface area contributed by atoms with E-state index in [0.717, 1.165) is 31.6 Å². The van der Waals surface area contributed by atoms with Crippen molar-refractivity contribution in [2.75, 3.05) is 6.61 Å². The summed E-state index contributed by atoms with van der Waals surface area (Å²) in [6.45, 7) is 13.4. The van der Waals surface area contributed by atoms with Crippen molar-refractivity contribution in [1.82, 2.24) is 0 Å². The van der Waals surface area contributed by atoms with Crippen LogP contribution < -0.4 is 0 Å². The first-order valence-electron chi connectivity index (χ1n) is 10.9. The fourth-order valence-corrected chi connectivity index (χ4v) is 3.07. The van der Waals surface area contributed by atoms with Crippen LogP contribution in [-0.2, 0) is 9.53 Å². The highest BCUT2D eigenvalue weighted by molar-refractivity contribution is 5.87.